The lowest BCUT2D eigenvalue weighted by molar-refractivity contribution is 0.0980. The zero-order chi connectivity index (χ0) is 17.7. The molecule has 0 unspecified atom stereocenters. The second-order valence-electron chi connectivity index (χ2n) is 5.72. The minimum Gasteiger partial charge on any atom is -0.445 e. The Morgan fingerprint density at radius 2 is 1.84 bits per heavy atom. The van der Waals surface area contributed by atoms with Gasteiger partial charge in [0.25, 0.3) is 10.0 Å². The summed E-state index contributed by atoms with van der Waals surface area (Å²) in [5, 5.41) is 1.75. The molecule has 1 aromatic carbocycles. The highest BCUT2D eigenvalue weighted by Gasteiger charge is 2.29. The first-order valence-corrected chi connectivity index (χ1v) is 10.4. The van der Waals surface area contributed by atoms with Crippen LogP contribution in [0.25, 0.3) is 0 Å². The number of benzene rings is 1. The third kappa shape index (κ3) is 4.39. The van der Waals surface area contributed by atoms with Crippen LogP contribution in [-0.2, 0) is 21.4 Å². The molecule has 1 saturated heterocycles. The molecule has 0 aliphatic carbocycles. The predicted molar refractivity (Wildman–Crippen MR) is 95.9 cm³/mol. The molecule has 0 radical (unpaired) electrons. The molecule has 0 N–H and O–H groups in total. The van der Waals surface area contributed by atoms with E-state index in [2.05, 4.69) is 0 Å². The molecule has 0 atom stereocenters. The van der Waals surface area contributed by atoms with Gasteiger partial charge < -0.3 is 9.64 Å². The van der Waals surface area contributed by atoms with Crippen LogP contribution in [0.15, 0.2) is 52.1 Å². The number of hydrogen-bond acceptors (Lipinski definition) is 5. The number of amides is 1. The van der Waals surface area contributed by atoms with Crippen LogP contribution in [0.4, 0.5) is 4.79 Å². The van der Waals surface area contributed by atoms with E-state index in [1.807, 2.05) is 30.3 Å². The fourth-order valence-electron chi connectivity index (χ4n) is 2.66. The summed E-state index contributed by atoms with van der Waals surface area (Å²) >= 11 is 1.21. The highest BCUT2D eigenvalue weighted by Crippen LogP contribution is 2.22. The number of thiophene rings is 1. The van der Waals surface area contributed by atoms with E-state index in [0.717, 1.165) is 5.56 Å². The van der Waals surface area contributed by atoms with Gasteiger partial charge in [0.1, 0.15) is 10.8 Å². The van der Waals surface area contributed by atoms with Crippen LogP contribution < -0.4 is 0 Å². The largest absolute Gasteiger partial charge is 0.445 e. The second kappa shape index (κ2) is 7.99. The van der Waals surface area contributed by atoms with Crippen molar-refractivity contribution >= 4 is 27.5 Å². The van der Waals surface area contributed by atoms with Crippen molar-refractivity contribution in [1.29, 1.82) is 0 Å². The Labute approximate surface area is 151 Å². The average Bonchev–Trinajstić information content (AvgIpc) is 3.06. The zero-order valence-corrected chi connectivity index (χ0v) is 15.3. The van der Waals surface area contributed by atoms with Gasteiger partial charge in [0.05, 0.1) is 0 Å². The Morgan fingerprint density at radius 3 is 2.56 bits per heavy atom. The van der Waals surface area contributed by atoms with E-state index >= 15 is 0 Å². The zero-order valence-electron chi connectivity index (χ0n) is 13.7. The van der Waals surface area contributed by atoms with Crippen LogP contribution in [0.1, 0.15) is 12.0 Å². The average molecular weight is 380 g/mol. The number of sulfonamides is 1. The van der Waals surface area contributed by atoms with Gasteiger partial charge in [-0.25, -0.2) is 13.2 Å². The topological polar surface area (TPSA) is 66.9 Å². The van der Waals surface area contributed by atoms with Crippen molar-refractivity contribution < 1.29 is 17.9 Å². The van der Waals surface area contributed by atoms with Crippen molar-refractivity contribution in [2.75, 3.05) is 26.2 Å². The van der Waals surface area contributed by atoms with Crippen LogP contribution >= 0.6 is 11.3 Å². The number of ether oxygens (including phenoxy) is 1. The molecule has 0 bridgehead atoms. The molecular formula is C17H20N2O4S2. The first-order chi connectivity index (χ1) is 12.1. The molecule has 2 heterocycles. The van der Waals surface area contributed by atoms with Gasteiger partial charge >= 0.3 is 6.09 Å². The summed E-state index contributed by atoms with van der Waals surface area (Å²) < 4.78 is 32.3. The van der Waals surface area contributed by atoms with E-state index in [4.69, 9.17) is 4.74 Å². The third-order valence-electron chi connectivity index (χ3n) is 4.01. The molecule has 1 aromatic heterocycles. The van der Waals surface area contributed by atoms with Crippen molar-refractivity contribution in [3.05, 3.63) is 53.4 Å². The highest BCUT2D eigenvalue weighted by molar-refractivity contribution is 7.91. The molecule has 0 saturated carbocycles. The minimum atomic E-state index is -3.47. The Balaban J connectivity index is 1.57. The lowest BCUT2D eigenvalue weighted by atomic mass is 10.2. The van der Waals surface area contributed by atoms with Crippen molar-refractivity contribution in [3.63, 3.8) is 0 Å². The standard InChI is InChI=1S/C17H20N2O4S2/c20-17(23-14-15-6-2-1-3-7-15)18-9-5-10-19(12-11-18)25(21,22)16-8-4-13-24-16/h1-4,6-8,13H,5,9-12,14H2. The van der Waals surface area contributed by atoms with Crippen molar-refractivity contribution in [1.82, 2.24) is 9.21 Å². The van der Waals surface area contributed by atoms with Gasteiger partial charge in [-0.2, -0.15) is 4.31 Å². The van der Waals surface area contributed by atoms with Crippen LogP contribution in [0.2, 0.25) is 0 Å². The Hall–Kier alpha value is -1.90. The highest BCUT2D eigenvalue weighted by atomic mass is 32.2. The maximum Gasteiger partial charge on any atom is 0.410 e. The molecule has 1 fully saturated rings. The van der Waals surface area contributed by atoms with E-state index in [1.165, 1.54) is 15.6 Å². The van der Waals surface area contributed by atoms with E-state index in [-0.39, 0.29) is 13.2 Å². The molecule has 0 spiro atoms. The molecule has 134 valence electrons. The van der Waals surface area contributed by atoms with Crippen molar-refractivity contribution in [2.24, 2.45) is 0 Å². The van der Waals surface area contributed by atoms with Crippen molar-refractivity contribution in [3.8, 4) is 0 Å². The van der Waals surface area contributed by atoms with E-state index < -0.39 is 16.1 Å². The Kier molecular flexibility index (Phi) is 5.72. The summed E-state index contributed by atoms with van der Waals surface area (Å²) in [5.74, 6) is 0. The molecule has 1 amide bonds. The van der Waals surface area contributed by atoms with Gasteiger partial charge in [-0.15, -0.1) is 11.3 Å². The van der Waals surface area contributed by atoms with Gasteiger partial charge in [0, 0.05) is 26.2 Å². The number of rotatable bonds is 4. The van der Waals surface area contributed by atoms with E-state index in [0.29, 0.717) is 30.3 Å². The number of carbonyl (C=O) groups excluding carboxylic acids is 1. The summed E-state index contributed by atoms with van der Waals surface area (Å²) in [6.45, 7) is 1.72. The van der Waals surface area contributed by atoms with Crippen LogP contribution in [-0.4, -0.2) is 49.9 Å². The fraction of sp³-hybridized carbons (Fsp3) is 0.353. The number of hydrogen-bond donors (Lipinski definition) is 0. The van der Waals surface area contributed by atoms with E-state index in [9.17, 15) is 13.2 Å². The van der Waals surface area contributed by atoms with Crippen LogP contribution in [0.5, 0.6) is 0 Å². The quantitative estimate of drug-likeness (QED) is 0.818. The maximum absolute atomic E-state index is 12.6. The first-order valence-electron chi connectivity index (χ1n) is 8.06. The van der Waals surface area contributed by atoms with Crippen LogP contribution in [0.3, 0.4) is 0 Å². The van der Waals surface area contributed by atoms with Gasteiger partial charge in [0.15, 0.2) is 0 Å². The molecule has 3 rings (SSSR count). The summed E-state index contributed by atoms with van der Waals surface area (Å²) in [6.07, 6.45) is 0.185. The molecule has 2 aromatic rings. The molecule has 25 heavy (non-hydrogen) atoms. The lowest BCUT2D eigenvalue weighted by Gasteiger charge is -2.21. The number of carbonyl (C=O) groups is 1. The van der Waals surface area contributed by atoms with Crippen molar-refractivity contribution in [2.45, 2.75) is 17.2 Å². The van der Waals surface area contributed by atoms with Gasteiger partial charge in [-0.1, -0.05) is 36.4 Å². The monoisotopic (exact) mass is 380 g/mol. The lowest BCUT2D eigenvalue weighted by Crippen LogP contribution is -2.37. The van der Waals surface area contributed by atoms with Crippen LogP contribution in [0, 0.1) is 0 Å². The molecule has 1 aliphatic rings. The SMILES string of the molecule is O=C(OCc1ccccc1)N1CCCN(S(=O)(=O)c2cccs2)CC1. The Morgan fingerprint density at radius 1 is 1.04 bits per heavy atom. The first kappa shape index (κ1) is 17.9. The summed E-state index contributed by atoms with van der Waals surface area (Å²) in [6, 6.07) is 12.8. The fourth-order valence-corrected chi connectivity index (χ4v) is 5.28. The minimum absolute atomic E-state index is 0.216. The predicted octanol–water partition coefficient (Wildman–Crippen LogP) is 2.78. The van der Waals surface area contributed by atoms with Gasteiger partial charge in [-0.05, 0) is 23.4 Å². The molecule has 6 nitrogen and oxygen atoms in total. The summed E-state index contributed by atoms with van der Waals surface area (Å²) in [7, 11) is -3.47. The normalized spacial score (nSPS) is 16.4. The van der Waals surface area contributed by atoms with Gasteiger partial charge in [-0.3, -0.25) is 0 Å². The maximum atomic E-state index is 12.6. The molecule has 8 heteroatoms. The van der Waals surface area contributed by atoms with Gasteiger partial charge in [0.2, 0.25) is 0 Å². The Bertz CT molecular complexity index is 791. The van der Waals surface area contributed by atoms with E-state index in [1.54, 1.807) is 22.4 Å². The third-order valence-corrected chi connectivity index (χ3v) is 7.28. The summed E-state index contributed by atoms with van der Waals surface area (Å²) in [5.41, 5.74) is 0.924. The smallest absolute Gasteiger partial charge is 0.410 e. The molecule has 1 aliphatic heterocycles. The number of nitrogens with zero attached hydrogens (tertiary/aromatic N) is 2. The molecular weight excluding hydrogens is 360 g/mol. The summed E-state index contributed by atoms with van der Waals surface area (Å²) in [4.78, 5) is 13.8. The second-order valence-corrected chi connectivity index (χ2v) is 8.83.